The van der Waals surface area contributed by atoms with E-state index in [0.29, 0.717) is 11.4 Å². The van der Waals surface area contributed by atoms with Crippen molar-refractivity contribution in [3.8, 4) is 5.75 Å². The van der Waals surface area contributed by atoms with Gasteiger partial charge in [0.15, 0.2) is 0 Å². The lowest BCUT2D eigenvalue weighted by Crippen LogP contribution is -2.34. The van der Waals surface area contributed by atoms with Gasteiger partial charge in [-0.05, 0) is 43.2 Å². The number of methoxy groups -OCH3 is 1. The highest BCUT2D eigenvalue weighted by molar-refractivity contribution is 6.23. The Morgan fingerprint density at radius 3 is 2.67 bits per heavy atom. The fourth-order valence-electron chi connectivity index (χ4n) is 2.84. The molecule has 0 radical (unpaired) electrons. The van der Waals surface area contributed by atoms with E-state index in [1.54, 1.807) is 31.4 Å². The van der Waals surface area contributed by atoms with E-state index in [-0.39, 0.29) is 18.2 Å². The van der Waals surface area contributed by atoms with E-state index >= 15 is 0 Å². The van der Waals surface area contributed by atoms with Crippen molar-refractivity contribution in [2.24, 2.45) is 0 Å². The first-order valence-electron chi connectivity index (χ1n) is 7.84. The van der Waals surface area contributed by atoms with Crippen molar-refractivity contribution in [1.29, 1.82) is 0 Å². The molecule has 5 nitrogen and oxygen atoms in total. The molecule has 0 aromatic heterocycles. The van der Waals surface area contributed by atoms with Crippen LogP contribution in [0, 0.1) is 13.8 Å². The maximum atomic E-state index is 12.7. The average Bonchev–Trinajstić information content (AvgIpc) is 2.85. The summed E-state index contributed by atoms with van der Waals surface area (Å²) in [5, 5.41) is 3.22. The second-order valence-electron chi connectivity index (χ2n) is 5.99. The van der Waals surface area contributed by atoms with Crippen molar-refractivity contribution in [2.45, 2.75) is 26.3 Å². The monoisotopic (exact) mass is 324 g/mol. The number of nitrogens with zero attached hydrogens (tertiary/aromatic N) is 1. The molecule has 1 saturated heterocycles. The van der Waals surface area contributed by atoms with E-state index in [1.807, 2.05) is 32.0 Å². The van der Waals surface area contributed by atoms with Crippen LogP contribution >= 0.6 is 0 Å². The quantitative estimate of drug-likeness (QED) is 0.878. The number of benzene rings is 2. The number of aryl methyl sites for hydroxylation is 2. The second-order valence-corrected chi connectivity index (χ2v) is 5.99. The van der Waals surface area contributed by atoms with Gasteiger partial charge in [0.2, 0.25) is 5.91 Å². The van der Waals surface area contributed by atoms with E-state index in [9.17, 15) is 9.59 Å². The van der Waals surface area contributed by atoms with Crippen molar-refractivity contribution in [3.05, 3.63) is 53.6 Å². The first kappa shape index (κ1) is 16.1. The van der Waals surface area contributed by atoms with Crippen molar-refractivity contribution in [3.63, 3.8) is 0 Å². The molecule has 0 saturated carbocycles. The molecule has 1 heterocycles. The molecule has 2 amide bonds. The molecule has 1 aliphatic heterocycles. The van der Waals surface area contributed by atoms with Gasteiger partial charge in [-0.2, -0.15) is 0 Å². The number of hydrogen-bond donors (Lipinski definition) is 1. The summed E-state index contributed by atoms with van der Waals surface area (Å²) in [5.74, 6) is 0.157. The summed E-state index contributed by atoms with van der Waals surface area (Å²) >= 11 is 0. The SMILES string of the molecule is COc1cccc(N2C(=O)C[C@@H](Nc3cc(C)ccc3C)C2=O)c1. The van der Waals surface area contributed by atoms with Crippen LogP contribution in [0.1, 0.15) is 17.5 Å². The highest BCUT2D eigenvalue weighted by Crippen LogP contribution is 2.28. The number of carbonyl (C=O) groups is 2. The predicted octanol–water partition coefficient (Wildman–Crippen LogP) is 3.06. The van der Waals surface area contributed by atoms with Crippen molar-refractivity contribution in [2.75, 3.05) is 17.3 Å². The maximum Gasteiger partial charge on any atom is 0.256 e. The zero-order valence-electron chi connectivity index (χ0n) is 14.0. The summed E-state index contributed by atoms with van der Waals surface area (Å²) in [5.41, 5.74) is 3.56. The number of ether oxygens (including phenoxy) is 1. The highest BCUT2D eigenvalue weighted by Gasteiger charge is 2.39. The summed E-state index contributed by atoms with van der Waals surface area (Å²) in [7, 11) is 1.55. The van der Waals surface area contributed by atoms with Crippen LogP contribution in [0.2, 0.25) is 0 Å². The molecule has 0 spiro atoms. The number of imide groups is 1. The van der Waals surface area contributed by atoms with E-state index in [1.165, 1.54) is 4.90 Å². The molecule has 0 unspecified atom stereocenters. The summed E-state index contributed by atoms with van der Waals surface area (Å²) < 4.78 is 5.17. The zero-order chi connectivity index (χ0) is 17.3. The van der Waals surface area contributed by atoms with Crippen molar-refractivity contribution >= 4 is 23.2 Å². The average molecular weight is 324 g/mol. The van der Waals surface area contributed by atoms with Crippen LogP contribution < -0.4 is 15.0 Å². The van der Waals surface area contributed by atoms with Crippen LogP contribution in [-0.2, 0) is 9.59 Å². The van der Waals surface area contributed by atoms with Gasteiger partial charge >= 0.3 is 0 Å². The van der Waals surface area contributed by atoms with Crippen LogP contribution in [0.15, 0.2) is 42.5 Å². The molecule has 2 aromatic carbocycles. The fraction of sp³-hybridized carbons (Fsp3) is 0.263. The van der Waals surface area contributed by atoms with Crippen molar-refractivity contribution in [1.82, 2.24) is 0 Å². The summed E-state index contributed by atoms with van der Waals surface area (Å²) in [4.78, 5) is 26.3. The molecule has 1 aliphatic rings. The number of nitrogens with one attached hydrogen (secondary N) is 1. The predicted molar refractivity (Wildman–Crippen MR) is 93.4 cm³/mol. The van der Waals surface area contributed by atoms with Gasteiger partial charge in [0.05, 0.1) is 19.2 Å². The number of anilines is 2. The molecule has 2 aromatic rings. The Morgan fingerprint density at radius 1 is 1.12 bits per heavy atom. The lowest BCUT2D eigenvalue weighted by atomic mass is 10.1. The summed E-state index contributed by atoms with van der Waals surface area (Å²) in [6.45, 7) is 3.97. The Bertz CT molecular complexity index is 801. The van der Waals surface area contributed by atoms with Crippen LogP contribution in [-0.4, -0.2) is 25.0 Å². The minimum Gasteiger partial charge on any atom is -0.497 e. The first-order valence-corrected chi connectivity index (χ1v) is 7.84. The van der Waals surface area contributed by atoms with Gasteiger partial charge in [-0.1, -0.05) is 18.2 Å². The third kappa shape index (κ3) is 2.97. The largest absolute Gasteiger partial charge is 0.497 e. The fourth-order valence-corrected chi connectivity index (χ4v) is 2.84. The smallest absolute Gasteiger partial charge is 0.256 e. The minimum absolute atomic E-state index is 0.142. The molecular formula is C19H20N2O3. The standard InChI is InChI=1S/C19H20N2O3/c1-12-7-8-13(2)16(9-12)20-17-11-18(22)21(19(17)23)14-5-4-6-15(10-14)24-3/h4-10,17,20H,11H2,1-3H3/t17-/m1/s1. The van der Waals surface area contributed by atoms with Crippen LogP contribution in [0.3, 0.4) is 0 Å². The van der Waals surface area contributed by atoms with Crippen molar-refractivity contribution < 1.29 is 14.3 Å². The van der Waals surface area contributed by atoms with Gasteiger partial charge in [0.25, 0.3) is 5.91 Å². The van der Waals surface area contributed by atoms with Gasteiger partial charge in [-0.3, -0.25) is 9.59 Å². The Hall–Kier alpha value is -2.82. The molecule has 0 aliphatic carbocycles. The summed E-state index contributed by atoms with van der Waals surface area (Å²) in [6.07, 6.45) is 0.142. The normalized spacial score (nSPS) is 17.3. The highest BCUT2D eigenvalue weighted by atomic mass is 16.5. The molecule has 24 heavy (non-hydrogen) atoms. The number of rotatable bonds is 4. The topological polar surface area (TPSA) is 58.6 Å². The summed E-state index contributed by atoms with van der Waals surface area (Å²) in [6, 6.07) is 12.4. The van der Waals surface area contributed by atoms with Gasteiger partial charge in [0.1, 0.15) is 11.8 Å². The van der Waals surface area contributed by atoms with E-state index in [4.69, 9.17) is 4.74 Å². The molecule has 3 rings (SSSR count). The van der Waals surface area contributed by atoms with E-state index < -0.39 is 6.04 Å². The van der Waals surface area contributed by atoms with Gasteiger partial charge in [0, 0.05) is 11.8 Å². The van der Waals surface area contributed by atoms with Gasteiger partial charge in [-0.25, -0.2) is 4.90 Å². The van der Waals surface area contributed by atoms with Crippen LogP contribution in [0.5, 0.6) is 5.75 Å². The van der Waals surface area contributed by atoms with Gasteiger partial charge in [-0.15, -0.1) is 0 Å². The van der Waals surface area contributed by atoms with Crippen LogP contribution in [0.25, 0.3) is 0 Å². The maximum absolute atomic E-state index is 12.7. The number of carbonyl (C=O) groups excluding carboxylic acids is 2. The molecule has 1 fully saturated rings. The minimum atomic E-state index is -0.552. The Morgan fingerprint density at radius 2 is 1.92 bits per heavy atom. The number of amides is 2. The van der Waals surface area contributed by atoms with E-state index in [2.05, 4.69) is 5.32 Å². The zero-order valence-corrected chi connectivity index (χ0v) is 14.0. The Kier molecular flexibility index (Phi) is 4.25. The lowest BCUT2D eigenvalue weighted by Gasteiger charge is -2.17. The van der Waals surface area contributed by atoms with Gasteiger partial charge < -0.3 is 10.1 Å². The molecule has 124 valence electrons. The third-order valence-electron chi connectivity index (χ3n) is 4.18. The molecule has 1 atom stereocenters. The number of hydrogen-bond acceptors (Lipinski definition) is 4. The lowest BCUT2D eigenvalue weighted by molar-refractivity contribution is -0.121. The van der Waals surface area contributed by atoms with E-state index in [0.717, 1.165) is 16.8 Å². The molecular weight excluding hydrogens is 304 g/mol. The second kappa shape index (κ2) is 6.35. The Balaban J connectivity index is 1.85. The first-order chi connectivity index (χ1) is 11.5. The third-order valence-corrected chi connectivity index (χ3v) is 4.18. The molecule has 5 heteroatoms. The van der Waals surface area contributed by atoms with Crippen LogP contribution in [0.4, 0.5) is 11.4 Å². The Labute approximate surface area is 141 Å². The molecule has 1 N–H and O–H groups in total. The molecule has 0 bridgehead atoms.